The second kappa shape index (κ2) is 4.19. The number of likely N-dealkylation sites (tertiary alicyclic amines) is 1. The topological polar surface area (TPSA) is 46.3 Å². The highest BCUT2D eigenvalue weighted by Gasteiger charge is 2.39. The zero-order valence-electron chi connectivity index (χ0n) is 10.1. The van der Waals surface area contributed by atoms with Gasteiger partial charge in [0.1, 0.15) is 5.82 Å². The SMILES string of the molecule is CC1(N)CN(C(=O)c2ccc(F)c(C(F)(F)F)c2)C1. The molecule has 0 unspecified atom stereocenters. The molecule has 0 radical (unpaired) electrons. The molecule has 3 nitrogen and oxygen atoms in total. The molecule has 0 spiro atoms. The Morgan fingerprint density at radius 3 is 2.42 bits per heavy atom. The summed E-state index contributed by atoms with van der Waals surface area (Å²) in [6, 6.07) is 2.22. The Morgan fingerprint density at radius 1 is 1.37 bits per heavy atom. The van der Waals surface area contributed by atoms with Gasteiger partial charge >= 0.3 is 6.18 Å². The zero-order chi connectivity index (χ0) is 14.4. The molecule has 1 saturated heterocycles. The van der Waals surface area contributed by atoms with E-state index in [0.29, 0.717) is 12.1 Å². The number of amides is 1. The normalized spacial score (nSPS) is 18.1. The Balaban J connectivity index is 2.25. The van der Waals surface area contributed by atoms with Gasteiger partial charge in [-0.3, -0.25) is 4.79 Å². The van der Waals surface area contributed by atoms with Crippen LogP contribution in [0.3, 0.4) is 0 Å². The van der Waals surface area contributed by atoms with E-state index < -0.39 is 29.0 Å². The van der Waals surface area contributed by atoms with E-state index in [2.05, 4.69) is 0 Å². The molecule has 1 amide bonds. The molecule has 19 heavy (non-hydrogen) atoms. The van der Waals surface area contributed by atoms with Gasteiger partial charge in [-0.2, -0.15) is 13.2 Å². The number of alkyl halides is 3. The smallest absolute Gasteiger partial charge is 0.335 e. The average molecular weight is 276 g/mol. The summed E-state index contributed by atoms with van der Waals surface area (Å²) in [7, 11) is 0. The number of hydrogen-bond acceptors (Lipinski definition) is 2. The fourth-order valence-electron chi connectivity index (χ4n) is 2.03. The quantitative estimate of drug-likeness (QED) is 0.798. The van der Waals surface area contributed by atoms with Crippen molar-refractivity contribution in [2.24, 2.45) is 5.73 Å². The number of hydrogen-bond donors (Lipinski definition) is 1. The Labute approximate surface area is 107 Å². The number of benzene rings is 1. The van der Waals surface area contributed by atoms with Gasteiger partial charge in [0, 0.05) is 24.2 Å². The van der Waals surface area contributed by atoms with Crippen LogP contribution in [-0.4, -0.2) is 29.4 Å². The molecule has 2 rings (SSSR count). The molecule has 0 atom stereocenters. The van der Waals surface area contributed by atoms with E-state index in [1.807, 2.05) is 0 Å². The molecule has 0 bridgehead atoms. The summed E-state index contributed by atoms with van der Waals surface area (Å²) in [5.74, 6) is -1.97. The van der Waals surface area contributed by atoms with Crippen LogP contribution in [0.2, 0.25) is 0 Å². The first-order valence-electron chi connectivity index (χ1n) is 5.55. The maximum absolute atomic E-state index is 13.1. The van der Waals surface area contributed by atoms with Gasteiger partial charge < -0.3 is 10.6 Å². The predicted octanol–water partition coefficient (Wildman–Crippen LogP) is 2.02. The van der Waals surface area contributed by atoms with Gasteiger partial charge in [0.25, 0.3) is 5.91 Å². The third-order valence-corrected chi connectivity index (χ3v) is 2.91. The molecule has 1 heterocycles. The first-order valence-corrected chi connectivity index (χ1v) is 5.55. The van der Waals surface area contributed by atoms with E-state index in [0.717, 1.165) is 6.07 Å². The van der Waals surface area contributed by atoms with Gasteiger partial charge in [-0.05, 0) is 25.1 Å². The standard InChI is InChI=1S/C12H12F4N2O/c1-11(17)5-18(6-11)10(19)7-2-3-9(13)8(4-7)12(14,15)16/h2-4H,5-6,17H2,1H3. The number of carbonyl (C=O) groups excluding carboxylic acids is 1. The second-order valence-electron chi connectivity index (χ2n) is 5.01. The second-order valence-corrected chi connectivity index (χ2v) is 5.01. The van der Waals surface area contributed by atoms with Crippen molar-refractivity contribution in [1.82, 2.24) is 4.90 Å². The van der Waals surface area contributed by atoms with Gasteiger partial charge in [-0.15, -0.1) is 0 Å². The molecule has 1 aromatic rings. The molecule has 0 aliphatic carbocycles. The van der Waals surface area contributed by atoms with Crippen molar-refractivity contribution in [2.75, 3.05) is 13.1 Å². The molecule has 1 aliphatic heterocycles. The largest absolute Gasteiger partial charge is 0.419 e. The van der Waals surface area contributed by atoms with E-state index in [1.165, 1.54) is 4.90 Å². The first kappa shape index (κ1) is 13.8. The van der Waals surface area contributed by atoms with E-state index >= 15 is 0 Å². The first-order chi connectivity index (χ1) is 8.60. The number of halogens is 4. The molecule has 0 saturated carbocycles. The average Bonchev–Trinajstić information content (AvgIpc) is 2.24. The summed E-state index contributed by atoms with van der Waals surface area (Å²) < 4.78 is 50.7. The molecule has 0 aromatic heterocycles. The number of rotatable bonds is 1. The van der Waals surface area contributed by atoms with Crippen molar-refractivity contribution in [3.8, 4) is 0 Å². The molecule has 7 heteroatoms. The minimum atomic E-state index is -4.82. The lowest BCUT2D eigenvalue weighted by atomic mass is 9.92. The molecule has 1 fully saturated rings. The summed E-state index contributed by atoms with van der Waals surface area (Å²) in [6.45, 7) is 2.28. The fraction of sp³-hybridized carbons (Fsp3) is 0.417. The van der Waals surface area contributed by atoms with Crippen LogP contribution < -0.4 is 5.73 Å². The molecule has 1 aromatic carbocycles. The summed E-state index contributed by atoms with van der Waals surface area (Å²) in [6.07, 6.45) is -4.82. The van der Waals surface area contributed by atoms with Crippen molar-refractivity contribution in [3.63, 3.8) is 0 Å². The van der Waals surface area contributed by atoms with Gasteiger partial charge in [-0.25, -0.2) is 4.39 Å². The van der Waals surface area contributed by atoms with Gasteiger partial charge in [-0.1, -0.05) is 0 Å². The lowest BCUT2D eigenvalue weighted by Gasteiger charge is -2.45. The third kappa shape index (κ3) is 2.70. The van der Waals surface area contributed by atoms with Crippen LogP contribution in [0, 0.1) is 5.82 Å². The van der Waals surface area contributed by atoms with Crippen LogP contribution in [0.5, 0.6) is 0 Å². The van der Waals surface area contributed by atoms with Crippen molar-refractivity contribution >= 4 is 5.91 Å². The lowest BCUT2D eigenvalue weighted by molar-refractivity contribution is -0.140. The highest BCUT2D eigenvalue weighted by Crippen LogP contribution is 2.32. The van der Waals surface area contributed by atoms with Crippen LogP contribution in [0.4, 0.5) is 17.6 Å². The number of nitrogens with two attached hydrogens (primary N) is 1. The third-order valence-electron chi connectivity index (χ3n) is 2.91. The van der Waals surface area contributed by atoms with Crippen molar-refractivity contribution in [2.45, 2.75) is 18.6 Å². The van der Waals surface area contributed by atoms with Gasteiger partial charge in [0.05, 0.1) is 5.56 Å². The fourth-order valence-corrected chi connectivity index (χ4v) is 2.03. The molecular formula is C12H12F4N2O. The van der Waals surface area contributed by atoms with Gasteiger partial charge in [0.2, 0.25) is 0 Å². The summed E-state index contributed by atoms with van der Waals surface area (Å²) >= 11 is 0. The monoisotopic (exact) mass is 276 g/mol. The summed E-state index contributed by atoms with van der Waals surface area (Å²) in [4.78, 5) is 13.2. The highest BCUT2D eigenvalue weighted by atomic mass is 19.4. The minimum Gasteiger partial charge on any atom is -0.335 e. The van der Waals surface area contributed by atoms with Crippen molar-refractivity contribution in [1.29, 1.82) is 0 Å². The number of carbonyl (C=O) groups is 1. The van der Waals surface area contributed by atoms with E-state index in [-0.39, 0.29) is 18.7 Å². The lowest BCUT2D eigenvalue weighted by Crippen LogP contribution is -2.66. The maximum Gasteiger partial charge on any atom is 0.419 e. The Hall–Kier alpha value is -1.63. The van der Waals surface area contributed by atoms with Crippen LogP contribution in [-0.2, 0) is 6.18 Å². The zero-order valence-corrected chi connectivity index (χ0v) is 10.1. The molecule has 104 valence electrons. The summed E-state index contributed by atoms with van der Waals surface area (Å²) in [5.41, 5.74) is 3.58. The maximum atomic E-state index is 13.1. The Bertz CT molecular complexity index is 517. The number of nitrogens with zero attached hydrogens (tertiary/aromatic N) is 1. The molecule has 2 N–H and O–H groups in total. The van der Waals surface area contributed by atoms with Crippen LogP contribution >= 0.6 is 0 Å². The minimum absolute atomic E-state index is 0.191. The van der Waals surface area contributed by atoms with E-state index in [1.54, 1.807) is 6.92 Å². The molecule has 1 aliphatic rings. The van der Waals surface area contributed by atoms with Crippen LogP contribution in [0.1, 0.15) is 22.8 Å². The van der Waals surface area contributed by atoms with Crippen molar-refractivity contribution in [3.05, 3.63) is 35.1 Å². The van der Waals surface area contributed by atoms with Crippen LogP contribution in [0.15, 0.2) is 18.2 Å². The predicted molar refractivity (Wildman–Crippen MR) is 59.9 cm³/mol. The Morgan fingerprint density at radius 2 is 1.95 bits per heavy atom. The van der Waals surface area contributed by atoms with Gasteiger partial charge in [0.15, 0.2) is 0 Å². The molecular weight excluding hydrogens is 264 g/mol. The van der Waals surface area contributed by atoms with Crippen LogP contribution in [0.25, 0.3) is 0 Å². The van der Waals surface area contributed by atoms with E-state index in [4.69, 9.17) is 5.73 Å². The van der Waals surface area contributed by atoms with Crippen molar-refractivity contribution < 1.29 is 22.4 Å². The Kier molecular flexibility index (Phi) is 3.04. The summed E-state index contributed by atoms with van der Waals surface area (Å²) in [5, 5.41) is 0. The van der Waals surface area contributed by atoms with E-state index in [9.17, 15) is 22.4 Å². The highest BCUT2D eigenvalue weighted by molar-refractivity contribution is 5.95.